The number of rotatable bonds is 10. The molecule has 1 aliphatic heterocycles. The van der Waals surface area contributed by atoms with E-state index in [1.54, 1.807) is 7.11 Å². The van der Waals surface area contributed by atoms with E-state index in [4.69, 9.17) is 9.73 Å². The van der Waals surface area contributed by atoms with Crippen molar-refractivity contribution in [3.05, 3.63) is 29.8 Å². The molecule has 28 heavy (non-hydrogen) atoms. The standard InChI is InChI=1S/C22H35N3O3/c1-4-23-22(24-15-8-6-5-7-9-21(26)28-3)25-16-14-19(17-25)18-10-12-20(27-2)13-11-18/h10-13,19H,4-9,14-17H2,1-3H3,(H,23,24). The number of guanidine groups is 1. The highest BCUT2D eigenvalue weighted by Crippen LogP contribution is 2.28. The molecule has 0 bridgehead atoms. The van der Waals surface area contributed by atoms with Crippen LogP contribution in [0.3, 0.4) is 0 Å². The Bertz CT molecular complexity index is 616. The lowest BCUT2D eigenvalue weighted by Crippen LogP contribution is -2.40. The van der Waals surface area contributed by atoms with Crippen molar-refractivity contribution in [1.82, 2.24) is 10.2 Å². The van der Waals surface area contributed by atoms with Crippen molar-refractivity contribution in [2.75, 3.05) is 40.4 Å². The fourth-order valence-electron chi connectivity index (χ4n) is 3.55. The molecule has 1 aromatic rings. The number of unbranched alkanes of at least 4 members (excludes halogenated alkanes) is 3. The van der Waals surface area contributed by atoms with Crippen LogP contribution in [0, 0.1) is 0 Å². The molecule has 0 aliphatic carbocycles. The number of nitrogens with zero attached hydrogens (tertiary/aromatic N) is 2. The van der Waals surface area contributed by atoms with Crippen LogP contribution in [0.5, 0.6) is 5.75 Å². The Morgan fingerprint density at radius 1 is 1.18 bits per heavy atom. The zero-order chi connectivity index (χ0) is 20.2. The Morgan fingerprint density at radius 3 is 2.61 bits per heavy atom. The molecule has 1 atom stereocenters. The normalized spacial score (nSPS) is 16.9. The number of esters is 1. The molecule has 6 nitrogen and oxygen atoms in total. The minimum atomic E-state index is -0.118. The van der Waals surface area contributed by atoms with Crippen molar-refractivity contribution in [1.29, 1.82) is 0 Å². The van der Waals surface area contributed by atoms with Gasteiger partial charge in [0.1, 0.15) is 5.75 Å². The minimum Gasteiger partial charge on any atom is -0.497 e. The summed E-state index contributed by atoms with van der Waals surface area (Å²) in [6.45, 7) is 5.84. The van der Waals surface area contributed by atoms with Crippen LogP contribution in [0.2, 0.25) is 0 Å². The smallest absolute Gasteiger partial charge is 0.305 e. The molecule has 1 aliphatic rings. The summed E-state index contributed by atoms with van der Waals surface area (Å²) in [6.07, 6.45) is 5.74. The van der Waals surface area contributed by atoms with E-state index in [1.807, 2.05) is 12.1 Å². The molecular weight excluding hydrogens is 354 g/mol. The third-order valence-corrected chi connectivity index (χ3v) is 5.19. The largest absolute Gasteiger partial charge is 0.497 e. The Balaban J connectivity index is 1.77. The molecule has 6 heteroatoms. The number of methoxy groups -OCH3 is 2. The number of carbonyl (C=O) groups is 1. The van der Waals surface area contributed by atoms with Crippen molar-refractivity contribution in [2.24, 2.45) is 4.99 Å². The molecular formula is C22H35N3O3. The Kier molecular flexibility index (Phi) is 9.66. The first-order valence-corrected chi connectivity index (χ1v) is 10.4. The van der Waals surface area contributed by atoms with Crippen molar-refractivity contribution < 1.29 is 14.3 Å². The highest BCUT2D eigenvalue weighted by Gasteiger charge is 2.26. The number of benzene rings is 1. The summed E-state index contributed by atoms with van der Waals surface area (Å²) < 4.78 is 9.92. The fraction of sp³-hybridized carbons (Fsp3) is 0.636. The van der Waals surface area contributed by atoms with Gasteiger partial charge in [-0.25, -0.2) is 0 Å². The fourth-order valence-corrected chi connectivity index (χ4v) is 3.55. The van der Waals surface area contributed by atoms with Gasteiger partial charge in [-0.2, -0.15) is 0 Å². The molecule has 2 rings (SSSR count). The van der Waals surface area contributed by atoms with Crippen molar-refractivity contribution >= 4 is 11.9 Å². The number of carbonyl (C=O) groups excluding carboxylic acids is 1. The molecule has 0 amide bonds. The lowest BCUT2D eigenvalue weighted by molar-refractivity contribution is -0.140. The first-order chi connectivity index (χ1) is 13.7. The van der Waals surface area contributed by atoms with E-state index in [1.165, 1.54) is 12.7 Å². The van der Waals surface area contributed by atoms with Crippen molar-refractivity contribution in [2.45, 2.75) is 51.4 Å². The summed E-state index contributed by atoms with van der Waals surface area (Å²) >= 11 is 0. The van der Waals surface area contributed by atoms with Gasteiger partial charge >= 0.3 is 5.97 Å². The zero-order valence-corrected chi connectivity index (χ0v) is 17.6. The number of hydrogen-bond donors (Lipinski definition) is 1. The van der Waals surface area contributed by atoms with Gasteiger partial charge in [0.05, 0.1) is 14.2 Å². The lowest BCUT2D eigenvalue weighted by Gasteiger charge is -2.22. The van der Waals surface area contributed by atoms with Gasteiger partial charge in [0.15, 0.2) is 5.96 Å². The van der Waals surface area contributed by atoms with E-state index in [0.29, 0.717) is 12.3 Å². The molecule has 1 saturated heterocycles. The van der Waals surface area contributed by atoms with Crippen LogP contribution in [0.4, 0.5) is 0 Å². The van der Waals surface area contributed by atoms with E-state index in [2.05, 4.69) is 34.0 Å². The van der Waals surface area contributed by atoms with Gasteiger partial charge in [0, 0.05) is 38.5 Å². The van der Waals surface area contributed by atoms with Gasteiger partial charge in [-0.3, -0.25) is 9.79 Å². The first kappa shape index (κ1) is 22.1. The first-order valence-electron chi connectivity index (χ1n) is 10.4. The topological polar surface area (TPSA) is 63.2 Å². The van der Waals surface area contributed by atoms with E-state index in [0.717, 1.165) is 70.0 Å². The van der Waals surface area contributed by atoms with Crippen molar-refractivity contribution in [3.8, 4) is 5.75 Å². The van der Waals surface area contributed by atoms with Crippen LogP contribution in [0.1, 0.15) is 56.9 Å². The van der Waals surface area contributed by atoms with Gasteiger partial charge < -0.3 is 19.7 Å². The van der Waals surface area contributed by atoms with Crippen LogP contribution in [0.25, 0.3) is 0 Å². The minimum absolute atomic E-state index is 0.118. The Hall–Kier alpha value is -2.24. The number of aliphatic imine (C=N–C) groups is 1. The molecule has 1 N–H and O–H groups in total. The van der Waals surface area contributed by atoms with Gasteiger partial charge in [0.2, 0.25) is 0 Å². The molecule has 0 aromatic heterocycles. The molecule has 1 fully saturated rings. The Morgan fingerprint density at radius 2 is 1.93 bits per heavy atom. The third-order valence-electron chi connectivity index (χ3n) is 5.19. The summed E-state index contributed by atoms with van der Waals surface area (Å²) in [7, 11) is 3.14. The van der Waals surface area contributed by atoms with Crippen molar-refractivity contribution in [3.63, 3.8) is 0 Å². The molecule has 1 unspecified atom stereocenters. The zero-order valence-electron chi connectivity index (χ0n) is 17.6. The number of nitrogens with one attached hydrogen (secondary N) is 1. The van der Waals surface area contributed by atoms with E-state index < -0.39 is 0 Å². The maximum atomic E-state index is 11.1. The predicted molar refractivity (Wildman–Crippen MR) is 113 cm³/mol. The second-order valence-electron chi connectivity index (χ2n) is 7.18. The molecule has 1 aromatic carbocycles. The van der Waals surface area contributed by atoms with Crippen LogP contribution in [0.15, 0.2) is 29.3 Å². The summed E-state index contributed by atoms with van der Waals surface area (Å²) in [5.41, 5.74) is 1.37. The molecule has 0 saturated carbocycles. The maximum Gasteiger partial charge on any atom is 0.305 e. The monoisotopic (exact) mass is 389 g/mol. The number of ether oxygens (including phenoxy) is 2. The van der Waals surface area contributed by atoms with Crippen LogP contribution in [-0.4, -0.2) is 57.2 Å². The van der Waals surface area contributed by atoms with E-state index in [9.17, 15) is 4.79 Å². The highest BCUT2D eigenvalue weighted by atomic mass is 16.5. The third kappa shape index (κ3) is 7.06. The van der Waals surface area contributed by atoms with Gasteiger partial charge in [-0.15, -0.1) is 0 Å². The number of hydrogen-bond acceptors (Lipinski definition) is 4. The summed E-state index contributed by atoms with van der Waals surface area (Å²) in [5.74, 6) is 2.34. The molecule has 1 heterocycles. The van der Waals surface area contributed by atoms with Gasteiger partial charge in [0.25, 0.3) is 0 Å². The highest BCUT2D eigenvalue weighted by molar-refractivity contribution is 5.80. The van der Waals surface area contributed by atoms with Crippen LogP contribution >= 0.6 is 0 Å². The second kappa shape index (κ2) is 12.3. The Labute approximate surface area is 169 Å². The molecule has 0 radical (unpaired) electrons. The molecule has 156 valence electrons. The summed E-state index contributed by atoms with van der Waals surface area (Å²) in [6, 6.07) is 8.42. The average Bonchev–Trinajstić information content (AvgIpc) is 3.22. The van der Waals surface area contributed by atoms with E-state index >= 15 is 0 Å². The molecule has 0 spiro atoms. The van der Waals surface area contributed by atoms with E-state index in [-0.39, 0.29) is 5.97 Å². The van der Waals surface area contributed by atoms with Gasteiger partial charge in [-0.1, -0.05) is 25.0 Å². The second-order valence-corrected chi connectivity index (χ2v) is 7.18. The van der Waals surface area contributed by atoms with Crippen LogP contribution in [-0.2, 0) is 9.53 Å². The van der Waals surface area contributed by atoms with Gasteiger partial charge in [-0.05, 0) is 43.9 Å². The average molecular weight is 390 g/mol. The van der Waals surface area contributed by atoms with Crippen LogP contribution < -0.4 is 10.1 Å². The summed E-state index contributed by atoms with van der Waals surface area (Å²) in [5, 5.41) is 3.43. The number of likely N-dealkylation sites (tertiary alicyclic amines) is 1. The quantitative estimate of drug-likeness (QED) is 0.287. The summed E-state index contributed by atoms with van der Waals surface area (Å²) in [4.78, 5) is 18.3. The SMILES string of the molecule is CCNC(=NCCCCCCC(=O)OC)N1CCC(c2ccc(OC)cc2)C1. The predicted octanol–water partition coefficient (Wildman–Crippen LogP) is 3.57. The lowest BCUT2D eigenvalue weighted by atomic mass is 9.98. The maximum absolute atomic E-state index is 11.1.